The summed E-state index contributed by atoms with van der Waals surface area (Å²) in [5.74, 6) is -0.526. The third-order valence-corrected chi connectivity index (χ3v) is 2.44. The van der Waals surface area contributed by atoms with Crippen molar-refractivity contribution in [3.05, 3.63) is 22.3 Å². The molecule has 0 fully saturated rings. The van der Waals surface area contributed by atoms with Crippen molar-refractivity contribution in [1.82, 2.24) is 15.0 Å². The number of nitrogens with one attached hydrogen (secondary N) is 1. The van der Waals surface area contributed by atoms with Gasteiger partial charge in [-0.25, -0.2) is 14.8 Å². The molecule has 2 N–H and O–H groups in total. The van der Waals surface area contributed by atoms with Crippen molar-refractivity contribution in [3.8, 4) is 11.5 Å². The number of carboxylic acid groups (broad SMARTS) is 1. The van der Waals surface area contributed by atoms with Gasteiger partial charge in [0.2, 0.25) is 0 Å². The summed E-state index contributed by atoms with van der Waals surface area (Å²) in [4.78, 5) is 21.4. The average Bonchev–Trinajstić information content (AvgIpc) is 2.70. The van der Waals surface area contributed by atoms with Crippen LogP contribution in [0.15, 0.2) is 11.6 Å². The van der Waals surface area contributed by atoms with Crippen LogP contribution in [0.1, 0.15) is 15.5 Å². The van der Waals surface area contributed by atoms with Crippen LogP contribution in [0, 0.1) is 6.92 Å². The Labute approximate surface area is 83.5 Å². The van der Waals surface area contributed by atoms with Crippen LogP contribution in [-0.4, -0.2) is 26.0 Å². The maximum atomic E-state index is 10.6. The first-order chi connectivity index (χ1) is 6.66. The molecule has 0 bridgehead atoms. The summed E-state index contributed by atoms with van der Waals surface area (Å²) in [7, 11) is 0. The molecule has 14 heavy (non-hydrogen) atoms. The SMILES string of the molecule is Cc1nc(-c2ncc(C(=O)O)[nH]2)cs1. The smallest absolute Gasteiger partial charge is 0.353 e. The number of nitrogens with zero attached hydrogens (tertiary/aromatic N) is 2. The fourth-order valence-corrected chi connectivity index (χ4v) is 1.63. The van der Waals surface area contributed by atoms with E-state index >= 15 is 0 Å². The Bertz CT molecular complexity index is 474. The van der Waals surface area contributed by atoms with E-state index < -0.39 is 5.97 Å². The third-order valence-electron chi connectivity index (χ3n) is 1.67. The first kappa shape index (κ1) is 8.89. The normalized spacial score (nSPS) is 10.4. The van der Waals surface area contributed by atoms with Gasteiger partial charge in [-0.15, -0.1) is 11.3 Å². The number of carbonyl (C=O) groups is 1. The van der Waals surface area contributed by atoms with Crippen molar-refractivity contribution in [2.24, 2.45) is 0 Å². The van der Waals surface area contributed by atoms with Crippen molar-refractivity contribution in [2.45, 2.75) is 6.92 Å². The summed E-state index contributed by atoms with van der Waals surface area (Å²) in [6.45, 7) is 1.88. The summed E-state index contributed by atoms with van der Waals surface area (Å²) in [6.07, 6.45) is 1.28. The molecule has 0 aromatic carbocycles. The predicted molar refractivity (Wildman–Crippen MR) is 51.4 cm³/mol. The second kappa shape index (κ2) is 3.22. The average molecular weight is 209 g/mol. The van der Waals surface area contributed by atoms with E-state index in [-0.39, 0.29) is 5.69 Å². The lowest BCUT2D eigenvalue weighted by Crippen LogP contribution is -1.95. The molecule has 0 aliphatic carbocycles. The molecule has 6 heteroatoms. The Morgan fingerprint density at radius 3 is 2.93 bits per heavy atom. The Kier molecular flexibility index (Phi) is 2.05. The zero-order valence-corrected chi connectivity index (χ0v) is 8.13. The number of rotatable bonds is 2. The zero-order valence-electron chi connectivity index (χ0n) is 7.31. The van der Waals surface area contributed by atoms with Gasteiger partial charge in [-0.3, -0.25) is 0 Å². The van der Waals surface area contributed by atoms with Crippen LogP contribution in [0.25, 0.3) is 11.5 Å². The van der Waals surface area contributed by atoms with Crippen LogP contribution < -0.4 is 0 Å². The number of hydrogen-bond acceptors (Lipinski definition) is 4. The van der Waals surface area contributed by atoms with Gasteiger partial charge in [0.15, 0.2) is 5.82 Å². The minimum atomic E-state index is -1.02. The molecule has 5 nitrogen and oxygen atoms in total. The summed E-state index contributed by atoms with van der Waals surface area (Å²) >= 11 is 1.50. The molecule has 0 unspecified atom stereocenters. The number of imidazole rings is 1. The van der Waals surface area contributed by atoms with E-state index in [1.807, 2.05) is 12.3 Å². The minimum Gasteiger partial charge on any atom is -0.477 e. The van der Waals surface area contributed by atoms with E-state index in [2.05, 4.69) is 15.0 Å². The number of H-pyrrole nitrogens is 1. The van der Waals surface area contributed by atoms with E-state index in [9.17, 15) is 4.79 Å². The Balaban J connectivity index is 2.38. The lowest BCUT2D eigenvalue weighted by Gasteiger charge is -1.87. The number of aromatic carboxylic acids is 1. The number of aromatic nitrogens is 3. The van der Waals surface area contributed by atoms with Crippen LogP contribution in [-0.2, 0) is 0 Å². The van der Waals surface area contributed by atoms with Crippen molar-refractivity contribution in [1.29, 1.82) is 0 Å². The summed E-state index contributed by atoms with van der Waals surface area (Å²) in [6, 6.07) is 0. The number of aryl methyl sites for hydroxylation is 1. The summed E-state index contributed by atoms with van der Waals surface area (Å²) in [5, 5.41) is 11.4. The van der Waals surface area contributed by atoms with Gasteiger partial charge in [-0.1, -0.05) is 0 Å². The molecule has 0 aliphatic rings. The molecular weight excluding hydrogens is 202 g/mol. The highest BCUT2D eigenvalue weighted by atomic mass is 32.1. The quantitative estimate of drug-likeness (QED) is 0.786. The standard InChI is InChI=1S/C8H7N3O2S/c1-4-10-6(3-14-4)7-9-2-5(11-7)8(12)13/h2-3H,1H3,(H,9,11)(H,12,13). The maximum absolute atomic E-state index is 10.6. The molecule has 0 aliphatic heterocycles. The van der Waals surface area contributed by atoms with Gasteiger partial charge in [-0.2, -0.15) is 0 Å². The van der Waals surface area contributed by atoms with Crippen LogP contribution in [0.5, 0.6) is 0 Å². The first-order valence-corrected chi connectivity index (χ1v) is 4.75. The van der Waals surface area contributed by atoms with Gasteiger partial charge in [0.1, 0.15) is 11.4 Å². The molecule has 2 rings (SSSR count). The van der Waals surface area contributed by atoms with Crippen LogP contribution in [0.2, 0.25) is 0 Å². The summed E-state index contributed by atoms with van der Waals surface area (Å²) in [5.41, 5.74) is 0.755. The molecule has 72 valence electrons. The topological polar surface area (TPSA) is 78.9 Å². The van der Waals surface area contributed by atoms with Crippen molar-refractivity contribution in [2.75, 3.05) is 0 Å². The Morgan fingerprint density at radius 1 is 1.64 bits per heavy atom. The van der Waals surface area contributed by atoms with Crippen molar-refractivity contribution in [3.63, 3.8) is 0 Å². The Hall–Kier alpha value is -1.69. The van der Waals surface area contributed by atoms with E-state index in [4.69, 9.17) is 5.11 Å². The molecular formula is C8H7N3O2S. The minimum absolute atomic E-state index is 0.0747. The fraction of sp³-hybridized carbons (Fsp3) is 0.125. The second-order valence-corrected chi connectivity index (χ2v) is 3.76. The Morgan fingerprint density at radius 2 is 2.43 bits per heavy atom. The largest absolute Gasteiger partial charge is 0.477 e. The third kappa shape index (κ3) is 1.51. The van der Waals surface area contributed by atoms with E-state index in [1.54, 1.807) is 0 Å². The number of carboxylic acids is 1. The lowest BCUT2D eigenvalue weighted by molar-refractivity contribution is 0.0691. The lowest BCUT2D eigenvalue weighted by atomic mass is 10.4. The van der Waals surface area contributed by atoms with Gasteiger partial charge >= 0.3 is 5.97 Å². The molecule has 0 spiro atoms. The molecule has 0 saturated heterocycles. The van der Waals surface area contributed by atoms with Gasteiger partial charge < -0.3 is 10.1 Å². The highest BCUT2D eigenvalue weighted by Crippen LogP contribution is 2.18. The van der Waals surface area contributed by atoms with Gasteiger partial charge in [-0.05, 0) is 6.92 Å². The number of aromatic amines is 1. The molecule has 0 saturated carbocycles. The molecule has 0 amide bonds. The highest BCUT2D eigenvalue weighted by Gasteiger charge is 2.10. The monoisotopic (exact) mass is 209 g/mol. The fourth-order valence-electron chi connectivity index (χ4n) is 1.03. The summed E-state index contributed by atoms with van der Waals surface area (Å²) < 4.78 is 0. The molecule has 2 aromatic rings. The van der Waals surface area contributed by atoms with Crippen LogP contribution >= 0.6 is 11.3 Å². The van der Waals surface area contributed by atoms with Gasteiger partial charge in [0, 0.05) is 5.38 Å². The molecule has 2 aromatic heterocycles. The van der Waals surface area contributed by atoms with Gasteiger partial charge in [0.25, 0.3) is 0 Å². The second-order valence-electron chi connectivity index (χ2n) is 2.70. The molecule has 0 atom stereocenters. The van der Waals surface area contributed by atoms with Crippen molar-refractivity contribution < 1.29 is 9.90 Å². The predicted octanol–water partition coefficient (Wildman–Crippen LogP) is 1.54. The molecule has 2 heterocycles. The van der Waals surface area contributed by atoms with Gasteiger partial charge in [0.05, 0.1) is 11.2 Å². The van der Waals surface area contributed by atoms with E-state index in [0.29, 0.717) is 11.5 Å². The highest BCUT2D eigenvalue weighted by molar-refractivity contribution is 7.09. The number of thiazole rings is 1. The van der Waals surface area contributed by atoms with Crippen LogP contribution in [0.3, 0.4) is 0 Å². The van der Waals surface area contributed by atoms with E-state index in [0.717, 1.165) is 5.01 Å². The van der Waals surface area contributed by atoms with E-state index in [1.165, 1.54) is 17.5 Å². The first-order valence-electron chi connectivity index (χ1n) is 3.87. The van der Waals surface area contributed by atoms with Crippen molar-refractivity contribution >= 4 is 17.3 Å². The zero-order chi connectivity index (χ0) is 10.1. The van der Waals surface area contributed by atoms with Crippen LogP contribution in [0.4, 0.5) is 0 Å². The molecule has 0 radical (unpaired) electrons. The number of hydrogen-bond donors (Lipinski definition) is 2. The maximum Gasteiger partial charge on any atom is 0.353 e.